The molecule has 0 spiro atoms. The molecule has 7 nitrogen and oxygen atoms in total. The van der Waals surface area contributed by atoms with Gasteiger partial charge in [0, 0.05) is 18.0 Å². The van der Waals surface area contributed by atoms with E-state index in [2.05, 4.69) is 74.2 Å². The first-order chi connectivity index (χ1) is 16.3. The average Bonchev–Trinajstić information content (AvgIpc) is 3.35. The molecule has 192 valence electrons. The van der Waals surface area contributed by atoms with E-state index in [0.29, 0.717) is 23.0 Å². The smallest absolute Gasteiger partial charge is 0.260 e. The second-order valence-electron chi connectivity index (χ2n) is 10.8. The van der Waals surface area contributed by atoms with Crippen LogP contribution in [0.15, 0.2) is 18.2 Å². The van der Waals surface area contributed by atoms with Crippen LogP contribution in [-0.2, 0) is 15.6 Å². The number of aromatic nitrogens is 4. The molecule has 0 radical (unpaired) electrons. The number of hydrogen-bond acceptors (Lipinski definition) is 4. The molecule has 1 aromatic carbocycles. The second kappa shape index (κ2) is 10.2. The van der Waals surface area contributed by atoms with E-state index in [4.69, 9.17) is 16.3 Å². The largest absolute Gasteiger partial charge is 0.481 e. The highest BCUT2D eigenvalue weighted by Gasteiger charge is 2.28. The van der Waals surface area contributed by atoms with Crippen LogP contribution in [0.2, 0.25) is 5.02 Å². The summed E-state index contributed by atoms with van der Waals surface area (Å²) in [4.78, 5) is 17.4. The predicted molar refractivity (Wildman–Crippen MR) is 142 cm³/mol. The summed E-state index contributed by atoms with van der Waals surface area (Å²) in [5, 5.41) is 11.0. The zero-order valence-electron chi connectivity index (χ0n) is 22.5. The number of carbonyl (C=O) groups excluding carboxylic acids is 1. The fourth-order valence-electron chi connectivity index (χ4n) is 3.84. The number of amides is 1. The summed E-state index contributed by atoms with van der Waals surface area (Å²) in [5.74, 6) is 1.13. The number of halogens is 1. The highest BCUT2D eigenvalue weighted by atomic mass is 35.5. The quantitative estimate of drug-likeness (QED) is 0.352. The monoisotopic (exact) mass is 501 g/mol. The van der Waals surface area contributed by atoms with Gasteiger partial charge in [-0.25, -0.2) is 4.98 Å². The Hall–Kier alpha value is -2.54. The van der Waals surface area contributed by atoms with Crippen LogP contribution >= 0.6 is 11.6 Å². The molecule has 0 aliphatic heterocycles. The maximum Gasteiger partial charge on any atom is 0.260 e. The van der Waals surface area contributed by atoms with E-state index in [-0.39, 0.29) is 22.7 Å². The van der Waals surface area contributed by atoms with E-state index in [0.717, 1.165) is 29.8 Å². The van der Waals surface area contributed by atoms with Gasteiger partial charge in [0.05, 0.1) is 5.69 Å². The van der Waals surface area contributed by atoms with Crippen LogP contribution in [0.3, 0.4) is 0 Å². The summed E-state index contributed by atoms with van der Waals surface area (Å²) < 4.78 is 7.80. The minimum absolute atomic E-state index is 0.0742. The van der Waals surface area contributed by atoms with Crippen molar-refractivity contribution >= 4 is 23.2 Å². The fraction of sp³-hybridized carbons (Fsp3) is 0.593. The van der Waals surface area contributed by atoms with E-state index in [1.165, 1.54) is 5.56 Å². The highest BCUT2D eigenvalue weighted by molar-refractivity contribution is 6.34. The normalized spacial score (nSPS) is 14.2. The van der Waals surface area contributed by atoms with E-state index < -0.39 is 6.10 Å². The SMILES string of the molecule is CCC(C)(C)c1ccc(OC(C)C(=O)NCC(C)c2nc3c(Cl)c(C)[nH]n3n2)c(C(C)(C)CC)c1. The van der Waals surface area contributed by atoms with Gasteiger partial charge in [0.2, 0.25) is 0 Å². The van der Waals surface area contributed by atoms with Crippen LogP contribution in [0.4, 0.5) is 0 Å². The van der Waals surface area contributed by atoms with Crippen molar-refractivity contribution in [2.45, 2.75) is 98.0 Å². The van der Waals surface area contributed by atoms with Crippen LogP contribution in [0.5, 0.6) is 5.75 Å². The van der Waals surface area contributed by atoms with E-state index in [9.17, 15) is 4.79 Å². The molecule has 0 saturated carbocycles. The minimum atomic E-state index is -0.639. The van der Waals surface area contributed by atoms with Gasteiger partial charge in [-0.2, -0.15) is 4.63 Å². The second-order valence-corrected chi connectivity index (χ2v) is 11.2. The summed E-state index contributed by atoms with van der Waals surface area (Å²) in [6.07, 6.45) is 1.37. The number of H-pyrrole nitrogens is 1. The Morgan fingerprint density at radius 3 is 2.43 bits per heavy atom. The van der Waals surface area contributed by atoms with Gasteiger partial charge in [0.25, 0.3) is 5.91 Å². The van der Waals surface area contributed by atoms with Gasteiger partial charge in [0.15, 0.2) is 17.6 Å². The number of rotatable bonds is 10. The molecule has 0 aliphatic carbocycles. The third-order valence-electron chi connectivity index (χ3n) is 7.38. The number of nitrogens with one attached hydrogen (secondary N) is 2. The lowest BCUT2D eigenvalue weighted by Crippen LogP contribution is -2.38. The number of hydrogen-bond donors (Lipinski definition) is 2. The van der Waals surface area contributed by atoms with Crippen molar-refractivity contribution in [2.24, 2.45) is 0 Å². The van der Waals surface area contributed by atoms with E-state index in [1.54, 1.807) is 11.6 Å². The molecule has 3 aromatic rings. The van der Waals surface area contributed by atoms with Crippen LogP contribution in [0, 0.1) is 6.92 Å². The third-order valence-corrected chi connectivity index (χ3v) is 7.83. The first-order valence-electron chi connectivity index (χ1n) is 12.5. The molecule has 2 atom stereocenters. The number of aromatic amines is 1. The summed E-state index contributed by atoms with van der Waals surface area (Å²) in [6.45, 7) is 19.4. The first kappa shape index (κ1) is 27.1. The summed E-state index contributed by atoms with van der Waals surface area (Å²) in [7, 11) is 0. The van der Waals surface area contributed by atoms with Crippen molar-refractivity contribution in [3.05, 3.63) is 45.9 Å². The first-order valence-corrected chi connectivity index (χ1v) is 12.9. The van der Waals surface area contributed by atoms with E-state index in [1.807, 2.05) is 19.9 Å². The minimum Gasteiger partial charge on any atom is -0.481 e. The predicted octanol–water partition coefficient (Wildman–Crippen LogP) is 6.08. The number of fused-ring (bicyclic) bond motifs is 1. The number of aryl methyl sites for hydroxylation is 1. The van der Waals surface area contributed by atoms with Gasteiger partial charge >= 0.3 is 0 Å². The van der Waals surface area contributed by atoms with Crippen LogP contribution < -0.4 is 10.1 Å². The molecular weight excluding hydrogens is 462 g/mol. The van der Waals surface area contributed by atoms with Crippen molar-refractivity contribution in [2.75, 3.05) is 6.54 Å². The van der Waals surface area contributed by atoms with Crippen LogP contribution in [0.1, 0.15) is 96.8 Å². The molecule has 0 bridgehead atoms. The standard InChI is InChI=1S/C27H40ClN5O2/c1-10-26(6,7)19-12-13-21(20(14-19)27(8,9)11-2)35-18(5)25(34)29-15-16(3)23-30-24-22(28)17(4)31-33(24)32-23/h12-14,16,18,31H,10-11,15H2,1-9H3,(H,29,34). The molecule has 2 N–H and O–H groups in total. The van der Waals surface area contributed by atoms with Gasteiger partial charge in [-0.15, -0.1) is 5.10 Å². The number of carbonyl (C=O) groups is 1. The molecule has 2 unspecified atom stereocenters. The Labute approximate surface area is 214 Å². The van der Waals surface area contributed by atoms with Gasteiger partial charge in [-0.3, -0.25) is 9.89 Å². The molecule has 0 saturated heterocycles. The Morgan fingerprint density at radius 2 is 1.83 bits per heavy atom. The maximum atomic E-state index is 12.9. The van der Waals surface area contributed by atoms with Gasteiger partial charge in [-0.05, 0) is 49.1 Å². The number of nitrogens with zero attached hydrogens (tertiary/aromatic N) is 3. The maximum absolute atomic E-state index is 12.9. The summed E-state index contributed by atoms with van der Waals surface area (Å²) >= 11 is 6.26. The molecule has 35 heavy (non-hydrogen) atoms. The topological polar surface area (TPSA) is 84.3 Å². The van der Waals surface area contributed by atoms with Gasteiger partial charge in [0.1, 0.15) is 10.8 Å². The van der Waals surface area contributed by atoms with Crippen molar-refractivity contribution in [1.82, 2.24) is 25.1 Å². The third kappa shape index (κ3) is 5.66. The molecular formula is C27H40ClN5O2. The van der Waals surface area contributed by atoms with Crippen molar-refractivity contribution in [3.8, 4) is 5.75 Å². The lowest BCUT2D eigenvalue weighted by atomic mass is 9.76. The lowest BCUT2D eigenvalue weighted by Gasteiger charge is -2.31. The Bertz CT molecular complexity index is 1190. The van der Waals surface area contributed by atoms with Crippen molar-refractivity contribution in [3.63, 3.8) is 0 Å². The average molecular weight is 502 g/mol. The van der Waals surface area contributed by atoms with Crippen LogP contribution in [-0.4, -0.2) is 38.4 Å². The highest BCUT2D eigenvalue weighted by Crippen LogP contribution is 2.38. The summed E-state index contributed by atoms with van der Waals surface area (Å²) in [6, 6.07) is 6.41. The van der Waals surface area contributed by atoms with Crippen molar-refractivity contribution in [1.29, 1.82) is 0 Å². The van der Waals surface area contributed by atoms with E-state index >= 15 is 0 Å². The molecule has 1 amide bonds. The molecule has 8 heteroatoms. The molecule has 2 aromatic heterocycles. The number of ether oxygens (including phenoxy) is 1. The van der Waals surface area contributed by atoms with Gasteiger partial charge in [-0.1, -0.05) is 72.2 Å². The Morgan fingerprint density at radius 1 is 1.17 bits per heavy atom. The van der Waals surface area contributed by atoms with Gasteiger partial charge < -0.3 is 10.1 Å². The molecule has 0 fully saturated rings. The lowest BCUT2D eigenvalue weighted by molar-refractivity contribution is -0.127. The molecule has 2 heterocycles. The number of benzene rings is 1. The fourth-order valence-corrected chi connectivity index (χ4v) is 4.01. The molecule has 3 rings (SSSR count). The summed E-state index contributed by atoms with van der Waals surface area (Å²) in [5.41, 5.74) is 3.83. The van der Waals surface area contributed by atoms with Crippen molar-refractivity contribution < 1.29 is 9.53 Å². The zero-order valence-corrected chi connectivity index (χ0v) is 23.3. The molecule has 0 aliphatic rings. The Kier molecular flexibility index (Phi) is 7.89. The zero-order chi connectivity index (χ0) is 26.1. The van der Waals surface area contributed by atoms with Crippen LogP contribution in [0.25, 0.3) is 5.65 Å². The Balaban J connectivity index is 1.71.